The second-order valence-electron chi connectivity index (χ2n) is 3.94. The van der Waals surface area contributed by atoms with Gasteiger partial charge in [-0.3, -0.25) is 9.52 Å². The summed E-state index contributed by atoms with van der Waals surface area (Å²) in [6, 6.07) is 2.23. The van der Waals surface area contributed by atoms with E-state index in [-0.39, 0.29) is 16.6 Å². The molecule has 1 unspecified atom stereocenters. The summed E-state index contributed by atoms with van der Waals surface area (Å²) in [6.07, 6.45) is 0. The van der Waals surface area contributed by atoms with Crippen LogP contribution in [0.2, 0.25) is 0 Å². The number of rotatable bonds is 4. The van der Waals surface area contributed by atoms with Crippen LogP contribution in [0.5, 0.6) is 0 Å². The zero-order valence-electron chi connectivity index (χ0n) is 9.90. The van der Waals surface area contributed by atoms with Gasteiger partial charge in [-0.2, -0.15) is 0 Å². The van der Waals surface area contributed by atoms with Crippen molar-refractivity contribution in [2.75, 3.05) is 4.72 Å². The zero-order chi connectivity index (χ0) is 14.1. The van der Waals surface area contributed by atoms with E-state index >= 15 is 0 Å². The van der Waals surface area contributed by atoms with Crippen molar-refractivity contribution in [3.8, 4) is 0 Å². The molecule has 1 amide bonds. The molecule has 1 aromatic rings. The Labute approximate surface area is 107 Å². The van der Waals surface area contributed by atoms with Crippen molar-refractivity contribution in [1.29, 1.82) is 0 Å². The number of benzene rings is 1. The van der Waals surface area contributed by atoms with Crippen molar-refractivity contribution < 1.29 is 17.6 Å². The number of nitrogens with one attached hydrogen (secondary N) is 1. The van der Waals surface area contributed by atoms with Gasteiger partial charge in [0.05, 0.1) is 16.5 Å². The molecule has 0 aliphatic heterocycles. The number of carbonyl (C=O) groups excluding carboxylic acids is 1. The summed E-state index contributed by atoms with van der Waals surface area (Å²) in [5.41, 5.74) is 4.81. The van der Waals surface area contributed by atoms with Crippen LogP contribution in [0.25, 0.3) is 0 Å². The number of primary amides is 1. The molecular formula is C10H14FN2O3PS. The van der Waals surface area contributed by atoms with Gasteiger partial charge in [0, 0.05) is 5.30 Å². The molecule has 0 aromatic heterocycles. The molecule has 1 rings (SSSR count). The molecule has 8 heteroatoms. The van der Waals surface area contributed by atoms with Gasteiger partial charge >= 0.3 is 0 Å². The Hall–Kier alpha value is -1.20. The van der Waals surface area contributed by atoms with Gasteiger partial charge in [0.1, 0.15) is 5.82 Å². The van der Waals surface area contributed by atoms with Gasteiger partial charge < -0.3 is 5.73 Å². The van der Waals surface area contributed by atoms with E-state index in [4.69, 9.17) is 5.73 Å². The molecule has 0 saturated carbocycles. The van der Waals surface area contributed by atoms with Gasteiger partial charge in [-0.1, -0.05) is 0 Å². The fraction of sp³-hybridized carbons (Fsp3) is 0.300. The fourth-order valence-electron chi connectivity index (χ4n) is 1.20. The second-order valence-corrected chi connectivity index (χ2v) is 6.76. The lowest BCUT2D eigenvalue weighted by atomic mass is 10.2. The second kappa shape index (κ2) is 5.20. The van der Waals surface area contributed by atoms with Gasteiger partial charge in [0.2, 0.25) is 10.0 Å². The highest BCUT2D eigenvalue weighted by Gasteiger charge is 2.20. The summed E-state index contributed by atoms with van der Waals surface area (Å²) in [5, 5.41) is -0.560. The van der Waals surface area contributed by atoms with E-state index < -0.39 is 27.0 Å². The molecular weight excluding hydrogens is 278 g/mol. The lowest BCUT2D eigenvalue weighted by molar-refractivity contribution is 0.0997. The first kappa shape index (κ1) is 14.9. The number of nitrogens with two attached hydrogens (primary N) is 1. The Kier molecular flexibility index (Phi) is 4.29. The third kappa shape index (κ3) is 2.97. The first-order chi connectivity index (χ1) is 8.16. The predicted molar refractivity (Wildman–Crippen MR) is 71.9 cm³/mol. The maximum Gasteiger partial charge on any atom is 0.252 e. The Morgan fingerprint density at radius 3 is 2.44 bits per heavy atom. The first-order valence-electron chi connectivity index (χ1n) is 5.06. The van der Waals surface area contributed by atoms with Gasteiger partial charge in [0.25, 0.3) is 5.91 Å². The SMILES string of the molecule is CC(C)S(=O)(=O)Nc1ccc(F)c(C(N)=O)c1P. The zero-order valence-corrected chi connectivity index (χ0v) is 11.9. The molecule has 0 saturated heterocycles. The summed E-state index contributed by atoms with van der Waals surface area (Å²) < 4.78 is 39.0. The average Bonchev–Trinajstić information content (AvgIpc) is 2.21. The minimum absolute atomic E-state index is 0.0896. The Balaban J connectivity index is 3.29. The van der Waals surface area contributed by atoms with E-state index in [1.807, 2.05) is 0 Å². The first-order valence-corrected chi connectivity index (χ1v) is 7.18. The van der Waals surface area contributed by atoms with Crippen molar-refractivity contribution in [3.63, 3.8) is 0 Å². The number of anilines is 1. The van der Waals surface area contributed by atoms with E-state index in [0.717, 1.165) is 6.07 Å². The van der Waals surface area contributed by atoms with Crippen LogP contribution >= 0.6 is 9.24 Å². The summed E-state index contributed by atoms with van der Waals surface area (Å²) >= 11 is 0. The highest BCUT2D eigenvalue weighted by molar-refractivity contribution is 7.93. The number of amides is 1. The molecule has 100 valence electrons. The highest BCUT2D eigenvalue weighted by atomic mass is 32.2. The number of carbonyl (C=O) groups is 1. The van der Waals surface area contributed by atoms with Crippen molar-refractivity contribution in [3.05, 3.63) is 23.5 Å². The summed E-state index contributed by atoms with van der Waals surface area (Å²) in [4.78, 5) is 11.1. The van der Waals surface area contributed by atoms with E-state index in [2.05, 4.69) is 14.0 Å². The van der Waals surface area contributed by atoms with Crippen LogP contribution in [0.1, 0.15) is 24.2 Å². The van der Waals surface area contributed by atoms with Crippen LogP contribution in [-0.2, 0) is 10.0 Å². The molecule has 0 aliphatic rings. The van der Waals surface area contributed by atoms with Crippen LogP contribution in [0, 0.1) is 5.82 Å². The fourth-order valence-corrected chi connectivity index (χ4v) is 2.48. The predicted octanol–water partition coefficient (Wildman–Crippen LogP) is 0.575. The minimum atomic E-state index is -3.57. The molecule has 0 fully saturated rings. The third-order valence-corrected chi connectivity index (χ3v) is 4.66. The number of hydrogen-bond donors (Lipinski definition) is 2. The van der Waals surface area contributed by atoms with Gasteiger partial charge in [-0.15, -0.1) is 9.24 Å². The largest absolute Gasteiger partial charge is 0.365 e. The van der Waals surface area contributed by atoms with Crippen LogP contribution in [0.4, 0.5) is 10.1 Å². The maximum absolute atomic E-state index is 13.4. The van der Waals surface area contributed by atoms with Crippen LogP contribution in [0.15, 0.2) is 12.1 Å². The number of sulfonamides is 1. The van der Waals surface area contributed by atoms with Gasteiger partial charge in [-0.05, 0) is 26.0 Å². The van der Waals surface area contributed by atoms with Crippen molar-refractivity contribution in [1.82, 2.24) is 0 Å². The molecule has 3 N–H and O–H groups in total. The van der Waals surface area contributed by atoms with Crippen LogP contribution in [-0.4, -0.2) is 19.6 Å². The van der Waals surface area contributed by atoms with Crippen molar-refractivity contribution >= 4 is 36.2 Å². The monoisotopic (exact) mass is 292 g/mol. The topological polar surface area (TPSA) is 89.3 Å². The molecule has 0 radical (unpaired) electrons. The number of hydrogen-bond acceptors (Lipinski definition) is 3. The Bertz CT molecular complexity index is 587. The molecule has 1 atom stereocenters. The minimum Gasteiger partial charge on any atom is -0.365 e. The van der Waals surface area contributed by atoms with E-state index in [1.165, 1.54) is 19.9 Å². The quantitative estimate of drug-likeness (QED) is 0.795. The smallest absolute Gasteiger partial charge is 0.252 e. The highest BCUT2D eigenvalue weighted by Crippen LogP contribution is 2.17. The normalized spacial score (nSPS) is 11.6. The summed E-state index contributed by atoms with van der Waals surface area (Å²) in [6.45, 7) is 3.01. The Morgan fingerprint density at radius 2 is 2.00 bits per heavy atom. The molecule has 0 heterocycles. The lowest BCUT2D eigenvalue weighted by Gasteiger charge is -2.14. The molecule has 0 bridgehead atoms. The standard InChI is InChI=1S/C10H14FN2O3PS/c1-5(2)18(15,16)13-7-4-3-6(11)8(9(7)17)10(12)14/h3-5,13H,17H2,1-2H3,(H2,12,14). The van der Waals surface area contributed by atoms with E-state index in [0.29, 0.717) is 0 Å². The molecule has 18 heavy (non-hydrogen) atoms. The van der Waals surface area contributed by atoms with Crippen LogP contribution < -0.4 is 15.8 Å². The lowest BCUT2D eigenvalue weighted by Crippen LogP contribution is -2.27. The van der Waals surface area contributed by atoms with Crippen LogP contribution in [0.3, 0.4) is 0 Å². The number of halogens is 1. The summed E-state index contributed by atoms with van der Waals surface area (Å²) in [5.74, 6) is -1.75. The van der Waals surface area contributed by atoms with E-state index in [1.54, 1.807) is 0 Å². The average molecular weight is 292 g/mol. The third-order valence-electron chi connectivity index (χ3n) is 2.31. The molecule has 0 spiro atoms. The van der Waals surface area contributed by atoms with Crippen molar-refractivity contribution in [2.24, 2.45) is 5.73 Å². The summed E-state index contributed by atoms with van der Waals surface area (Å²) in [7, 11) is -1.45. The van der Waals surface area contributed by atoms with Gasteiger partial charge in [0.15, 0.2) is 0 Å². The molecule has 1 aromatic carbocycles. The molecule has 5 nitrogen and oxygen atoms in total. The van der Waals surface area contributed by atoms with Crippen molar-refractivity contribution in [2.45, 2.75) is 19.1 Å². The Morgan fingerprint density at radius 1 is 1.44 bits per heavy atom. The van der Waals surface area contributed by atoms with Gasteiger partial charge in [-0.25, -0.2) is 12.8 Å². The van der Waals surface area contributed by atoms with E-state index in [9.17, 15) is 17.6 Å². The molecule has 0 aliphatic carbocycles. The maximum atomic E-state index is 13.4.